The Morgan fingerprint density at radius 1 is 1.31 bits per heavy atom. The maximum atomic E-state index is 10.7. The van der Waals surface area contributed by atoms with Crippen molar-refractivity contribution in [2.45, 2.75) is 0 Å². The van der Waals surface area contributed by atoms with Gasteiger partial charge in [0, 0.05) is 5.39 Å². The summed E-state index contributed by atoms with van der Waals surface area (Å²) < 4.78 is 0.618. The van der Waals surface area contributed by atoms with E-state index in [-0.39, 0.29) is 11.3 Å². The summed E-state index contributed by atoms with van der Waals surface area (Å²) in [6, 6.07) is 4.52. The summed E-state index contributed by atoms with van der Waals surface area (Å²) in [5.74, 6) is -0.839. The molecule has 0 unspecified atom stereocenters. The van der Waals surface area contributed by atoms with E-state index in [4.69, 9.17) is 5.11 Å². The summed E-state index contributed by atoms with van der Waals surface area (Å²) in [7, 11) is 0. The summed E-state index contributed by atoms with van der Waals surface area (Å²) in [4.78, 5) is 10.7. The molecule has 4 heteroatoms. The van der Waals surface area contributed by atoms with Gasteiger partial charge in [0.05, 0.1) is 10.3 Å². The SMILES string of the molecule is O=C(O)c1ccc(O)c2ccsc12. The number of phenols is 1. The smallest absolute Gasteiger partial charge is 0.337 e. The van der Waals surface area contributed by atoms with Crippen LogP contribution in [0.3, 0.4) is 0 Å². The number of hydrogen-bond acceptors (Lipinski definition) is 3. The van der Waals surface area contributed by atoms with Crippen molar-refractivity contribution in [2.75, 3.05) is 0 Å². The Morgan fingerprint density at radius 2 is 2.08 bits per heavy atom. The molecule has 13 heavy (non-hydrogen) atoms. The molecule has 0 fully saturated rings. The van der Waals surface area contributed by atoms with Gasteiger partial charge in [-0.15, -0.1) is 11.3 Å². The number of phenolic OH excluding ortho intramolecular Hbond substituents is 1. The zero-order valence-electron chi connectivity index (χ0n) is 6.52. The van der Waals surface area contributed by atoms with Crippen molar-refractivity contribution in [1.82, 2.24) is 0 Å². The summed E-state index contributed by atoms with van der Waals surface area (Å²) in [5, 5.41) is 20.6. The lowest BCUT2D eigenvalue weighted by molar-refractivity contribution is 0.0699. The molecular formula is C9H6O3S. The predicted octanol–water partition coefficient (Wildman–Crippen LogP) is 2.31. The van der Waals surface area contributed by atoms with Gasteiger partial charge in [-0.25, -0.2) is 4.79 Å². The van der Waals surface area contributed by atoms with E-state index in [9.17, 15) is 9.90 Å². The molecule has 2 rings (SSSR count). The molecule has 1 heterocycles. The van der Waals surface area contributed by atoms with Gasteiger partial charge in [0.2, 0.25) is 0 Å². The maximum absolute atomic E-state index is 10.7. The molecule has 0 saturated carbocycles. The van der Waals surface area contributed by atoms with Gasteiger partial charge in [-0.1, -0.05) is 0 Å². The monoisotopic (exact) mass is 194 g/mol. The van der Waals surface area contributed by atoms with Crippen LogP contribution >= 0.6 is 11.3 Å². The second-order valence-electron chi connectivity index (χ2n) is 2.60. The molecule has 0 saturated heterocycles. The minimum absolute atomic E-state index is 0.126. The first-order valence-corrected chi connectivity index (χ1v) is 4.50. The number of carboxylic acid groups (broad SMARTS) is 1. The Morgan fingerprint density at radius 3 is 2.77 bits per heavy atom. The third-order valence-corrected chi connectivity index (χ3v) is 2.77. The van der Waals surface area contributed by atoms with Gasteiger partial charge in [0.15, 0.2) is 0 Å². The minimum atomic E-state index is -0.965. The van der Waals surface area contributed by atoms with E-state index in [1.807, 2.05) is 0 Å². The lowest BCUT2D eigenvalue weighted by Gasteiger charge is -1.98. The number of hydrogen-bond donors (Lipinski definition) is 2. The molecule has 2 N–H and O–H groups in total. The van der Waals surface area contributed by atoms with Crippen molar-refractivity contribution in [2.24, 2.45) is 0 Å². The highest BCUT2D eigenvalue weighted by molar-refractivity contribution is 7.17. The number of carboxylic acids is 1. The Labute approximate surface area is 77.9 Å². The van der Waals surface area contributed by atoms with Crippen LogP contribution < -0.4 is 0 Å². The van der Waals surface area contributed by atoms with Gasteiger partial charge in [-0.05, 0) is 23.6 Å². The average molecular weight is 194 g/mol. The van der Waals surface area contributed by atoms with Gasteiger partial charge in [-0.2, -0.15) is 0 Å². The van der Waals surface area contributed by atoms with Gasteiger partial charge < -0.3 is 10.2 Å². The topological polar surface area (TPSA) is 57.5 Å². The normalized spacial score (nSPS) is 10.5. The zero-order chi connectivity index (χ0) is 9.42. The number of thiophene rings is 1. The first kappa shape index (κ1) is 8.07. The van der Waals surface area contributed by atoms with E-state index in [0.717, 1.165) is 0 Å². The minimum Gasteiger partial charge on any atom is -0.507 e. The van der Waals surface area contributed by atoms with Crippen molar-refractivity contribution in [1.29, 1.82) is 0 Å². The Balaban J connectivity index is 2.86. The molecule has 0 aliphatic carbocycles. The van der Waals surface area contributed by atoms with Crippen LogP contribution in [-0.4, -0.2) is 16.2 Å². The quantitative estimate of drug-likeness (QED) is 0.732. The number of aromatic carboxylic acids is 1. The summed E-state index contributed by atoms with van der Waals surface area (Å²) >= 11 is 1.32. The first-order valence-electron chi connectivity index (χ1n) is 3.62. The van der Waals surface area contributed by atoms with Crippen LogP contribution in [0.5, 0.6) is 5.75 Å². The van der Waals surface area contributed by atoms with Crippen LogP contribution in [0.4, 0.5) is 0 Å². The molecule has 66 valence electrons. The molecule has 0 aliphatic heterocycles. The van der Waals surface area contributed by atoms with E-state index in [0.29, 0.717) is 10.1 Å². The lowest BCUT2D eigenvalue weighted by Crippen LogP contribution is -1.95. The van der Waals surface area contributed by atoms with E-state index in [1.54, 1.807) is 11.4 Å². The van der Waals surface area contributed by atoms with Crippen LogP contribution in [0, 0.1) is 0 Å². The van der Waals surface area contributed by atoms with Crippen LogP contribution in [0.25, 0.3) is 10.1 Å². The fraction of sp³-hybridized carbons (Fsp3) is 0. The highest BCUT2D eigenvalue weighted by atomic mass is 32.1. The number of carbonyl (C=O) groups is 1. The highest BCUT2D eigenvalue weighted by Gasteiger charge is 2.11. The summed E-state index contributed by atoms with van der Waals surface area (Å²) in [6.45, 7) is 0. The molecule has 1 aromatic heterocycles. The van der Waals surface area contributed by atoms with Gasteiger partial charge in [0.25, 0.3) is 0 Å². The molecule has 2 aromatic rings. The molecule has 0 aliphatic rings. The lowest BCUT2D eigenvalue weighted by atomic mass is 10.1. The molecule has 0 amide bonds. The Kier molecular flexibility index (Phi) is 1.70. The van der Waals surface area contributed by atoms with Crippen LogP contribution in [0.1, 0.15) is 10.4 Å². The Bertz CT molecular complexity index is 473. The van der Waals surface area contributed by atoms with Gasteiger partial charge >= 0.3 is 5.97 Å². The average Bonchev–Trinajstić information content (AvgIpc) is 2.53. The van der Waals surface area contributed by atoms with Gasteiger partial charge in [-0.3, -0.25) is 0 Å². The fourth-order valence-electron chi connectivity index (χ4n) is 1.22. The second-order valence-corrected chi connectivity index (χ2v) is 3.52. The van der Waals surface area contributed by atoms with Crippen LogP contribution in [0.15, 0.2) is 23.6 Å². The van der Waals surface area contributed by atoms with Crippen molar-refractivity contribution in [3.63, 3.8) is 0 Å². The Hall–Kier alpha value is -1.55. The fourth-order valence-corrected chi connectivity index (χ4v) is 2.14. The zero-order valence-corrected chi connectivity index (χ0v) is 7.34. The summed E-state index contributed by atoms with van der Waals surface area (Å²) in [6.07, 6.45) is 0. The van der Waals surface area contributed by atoms with Crippen molar-refractivity contribution < 1.29 is 15.0 Å². The largest absolute Gasteiger partial charge is 0.507 e. The van der Waals surface area contributed by atoms with Crippen molar-refractivity contribution in [3.8, 4) is 5.75 Å². The molecular weight excluding hydrogens is 188 g/mol. The molecule has 0 atom stereocenters. The van der Waals surface area contributed by atoms with E-state index in [1.165, 1.54) is 23.5 Å². The first-order chi connectivity index (χ1) is 6.20. The predicted molar refractivity (Wildman–Crippen MR) is 50.4 cm³/mol. The molecule has 3 nitrogen and oxygen atoms in total. The van der Waals surface area contributed by atoms with Crippen LogP contribution in [0.2, 0.25) is 0 Å². The number of benzene rings is 1. The molecule has 1 aromatic carbocycles. The molecule has 0 bridgehead atoms. The van der Waals surface area contributed by atoms with E-state index in [2.05, 4.69) is 0 Å². The third-order valence-electron chi connectivity index (χ3n) is 1.82. The van der Waals surface area contributed by atoms with Crippen molar-refractivity contribution >= 4 is 27.4 Å². The summed E-state index contributed by atoms with van der Waals surface area (Å²) in [5.41, 5.74) is 0.239. The number of fused-ring (bicyclic) bond motifs is 1. The van der Waals surface area contributed by atoms with E-state index < -0.39 is 5.97 Å². The number of aromatic hydroxyl groups is 1. The maximum Gasteiger partial charge on any atom is 0.337 e. The standard InChI is InChI=1S/C9H6O3S/c10-7-2-1-6(9(11)12)8-5(7)3-4-13-8/h1-4,10H,(H,11,12). The van der Waals surface area contributed by atoms with Gasteiger partial charge in [0.1, 0.15) is 5.75 Å². The van der Waals surface area contributed by atoms with E-state index >= 15 is 0 Å². The highest BCUT2D eigenvalue weighted by Crippen LogP contribution is 2.31. The number of rotatable bonds is 1. The molecule has 0 radical (unpaired) electrons. The van der Waals surface area contributed by atoms with Crippen LogP contribution in [-0.2, 0) is 0 Å². The third kappa shape index (κ3) is 1.15. The second kappa shape index (κ2) is 2.74. The molecule has 0 spiro atoms. The van der Waals surface area contributed by atoms with Crippen molar-refractivity contribution in [3.05, 3.63) is 29.1 Å².